The molecule has 2 aliphatic heterocycles. The first-order valence-electron chi connectivity index (χ1n) is 10.0. The monoisotopic (exact) mass is 381 g/mol. The van der Waals surface area contributed by atoms with Gasteiger partial charge in [-0.3, -0.25) is 9.69 Å². The van der Waals surface area contributed by atoms with Gasteiger partial charge in [-0.1, -0.05) is 30.3 Å². The summed E-state index contributed by atoms with van der Waals surface area (Å²) in [6.45, 7) is 4.25. The number of hydrogen-bond acceptors (Lipinski definition) is 5. The minimum Gasteiger partial charge on any atom is -0.472 e. The minimum absolute atomic E-state index is 0.0275. The van der Waals surface area contributed by atoms with Crippen molar-refractivity contribution in [1.29, 1.82) is 0 Å². The Kier molecular flexibility index (Phi) is 6.19. The number of likely N-dealkylation sites (tertiary alicyclic amines) is 1. The van der Waals surface area contributed by atoms with Crippen LogP contribution in [0.25, 0.3) is 0 Å². The standard InChI is InChI=1S/C22H27N3O3/c26-22(18-6-10-23-21(14-18)28-20-9-13-27-16-20)24-19-7-11-25(12-8-19)15-17-4-2-1-3-5-17/h1-6,10,14,19-20H,7-9,11-13,15-16H2,(H,24,26)/t20-/m1/s1. The van der Waals surface area contributed by atoms with Crippen LogP contribution in [0.5, 0.6) is 5.88 Å². The quantitative estimate of drug-likeness (QED) is 0.833. The molecule has 1 atom stereocenters. The van der Waals surface area contributed by atoms with Crippen LogP contribution in [-0.2, 0) is 11.3 Å². The number of amides is 1. The van der Waals surface area contributed by atoms with Crippen molar-refractivity contribution < 1.29 is 14.3 Å². The molecule has 4 rings (SSSR count). The SMILES string of the molecule is O=C(NC1CCN(Cc2ccccc2)CC1)c1ccnc(O[C@@H]2CCOC2)c1. The van der Waals surface area contributed by atoms with E-state index in [4.69, 9.17) is 9.47 Å². The summed E-state index contributed by atoms with van der Waals surface area (Å²) in [4.78, 5) is 19.3. The maximum Gasteiger partial charge on any atom is 0.251 e. The van der Waals surface area contributed by atoms with E-state index in [1.54, 1.807) is 18.3 Å². The number of nitrogens with zero attached hydrogens (tertiary/aromatic N) is 2. The molecule has 6 nitrogen and oxygen atoms in total. The second-order valence-corrected chi connectivity index (χ2v) is 7.50. The number of aromatic nitrogens is 1. The molecule has 1 aromatic heterocycles. The van der Waals surface area contributed by atoms with Crippen molar-refractivity contribution in [3.8, 4) is 5.88 Å². The molecule has 2 saturated heterocycles. The number of rotatable bonds is 6. The third kappa shape index (κ3) is 5.09. The van der Waals surface area contributed by atoms with Gasteiger partial charge in [0.15, 0.2) is 0 Å². The molecule has 2 fully saturated rings. The first-order valence-corrected chi connectivity index (χ1v) is 10.0. The molecule has 0 bridgehead atoms. The first kappa shape index (κ1) is 18.9. The molecule has 0 aliphatic carbocycles. The van der Waals surface area contributed by atoms with Gasteiger partial charge in [0, 0.05) is 49.9 Å². The number of nitrogens with one attached hydrogen (secondary N) is 1. The molecule has 0 radical (unpaired) electrons. The van der Waals surface area contributed by atoms with Gasteiger partial charge in [0.05, 0.1) is 13.2 Å². The van der Waals surface area contributed by atoms with Crippen LogP contribution in [0.1, 0.15) is 35.2 Å². The van der Waals surface area contributed by atoms with Crippen molar-refractivity contribution >= 4 is 5.91 Å². The smallest absolute Gasteiger partial charge is 0.251 e. The Bertz CT molecular complexity index is 770. The summed E-state index contributed by atoms with van der Waals surface area (Å²) < 4.78 is 11.1. The van der Waals surface area contributed by atoms with E-state index in [0.717, 1.165) is 38.9 Å². The first-order chi connectivity index (χ1) is 13.8. The van der Waals surface area contributed by atoms with Crippen LogP contribution in [0.3, 0.4) is 0 Å². The van der Waals surface area contributed by atoms with Gasteiger partial charge < -0.3 is 14.8 Å². The highest BCUT2D eigenvalue weighted by Gasteiger charge is 2.22. The fourth-order valence-electron chi connectivity index (χ4n) is 3.74. The summed E-state index contributed by atoms with van der Waals surface area (Å²) in [6.07, 6.45) is 4.45. The average Bonchev–Trinajstić information content (AvgIpc) is 3.23. The molecule has 0 spiro atoms. The summed E-state index contributed by atoms with van der Waals surface area (Å²) in [7, 11) is 0. The number of carbonyl (C=O) groups is 1. The predicted octanol–water partition coefficient (Wildman–Crippen LogP) is 2.64. The van der Waals surface area contributed by atoms with E-state index in [0.29, 0.717) is 24.7 Å². The molecule has 6 heteroatoms. The molecular formula is C22H27N3O3. The van der Waals surface area contributed by atoms with Gasteiger partial charge in [0.1, 0.15) is 6.10 Å². The number of pyridine rings is 1. The third-order valence-electron chi connectivity index (χ3n) is 5.34. The molecule has 0 saturated carbocycles. The van der Waals surface area contributed by atoms with Gasteiger partial charge >= 0.3 is 0 Å². The van der Waals surface area contributed by atoms with Crippen LogP contribution in [0.4, 0.5) is 0 Å². The summed E-state index contributed by atoms with van der Waals surface area (Å²) >= 11 is 0. The normalized spacial score (nSPS) is 20.8. The zero-order chi connectivity index (χ0) is 19.2. The Morgan fingerprint density at radius 3 is 2.75 bits per heavy atom. The maximum absolute atomic E-state index is 12.6. The lowest BCUT2D eigenvalue weighted by molar-refractivity contribution is 0.0907. The highest BCUT2D eigenvalue weighted by molar-refractivity contribution is 5.94. The van der Waals surface area contributed by atoms with E-state index in [1.807, 2.05) is 6.07 Å². The zero-order valence-electron chi connectivity index (χ0n) is 16.0. The lowest BCUT2D eigenvalue weighted by Gasteiger charge is -2.32. The van der Waals surface area contributed by atoms with Gasteiger partial charge in [-0.25, -0.2) is 4.98 Å². The second kappa shape index (κ2) is 9.17. The van der Waals surface area contributed by atoms with E-state index in [2.05, 4.69) is 39.5 Å². The van der Waals surface area contributed by atoms with E-state index < -0.39 is 0 Å². The number of ether oxygens (including phenoxy) is 2. The zero-order valence-corrected chi connectivity index (χ0v) is 16.0. The van der Waals surface area contributed by atoms with Crippen LogP contribution in [0.2, 0.25) is 0 Å². The number of carbonyl (C=O) groups excluding carboxylic acids is 1. The van der Waals surface area contributed by atoms with Crippen molar-refractivity contribution in [2.45, 2.75) is 38.0 Å². The molecule has 28 heavy (non-hydrogen) atoms. The van der Waals surface area contributed by atoms with Crippen LogP contribution in [-0.4, -0.2) is 54.2 Å². The third-order valence-corrected chi connectivity index (χ3v) is 5.34. The Morgan fingerprint density at radius 2 is 2.00 bits per heavy atom. The number of piperidine rings is 1. The fourth-order valence-corrected chi connectivity index (χ4v) is 3.74. The molecule has 2 aromatic rings. The maximum atomic E-state index is 12.6. The average molecular weight is 381 g/mol. The van der Waals surface area contributed by atoms with Crippen LogP contribution in [0, 0.1) is 0 Å². The minimum atomic E-state index is -0.0589. The molecular weight excluding hydrogens is 354 g/mol. The van der Waals surface area contributed by atoms with Crippen molar-refractivity contribution in [3.63, 3.8) is 0 Å². The highest BCUT2D eigenvalue weighted by Crippen LogP contribution is 2.17. The number of hydrogen-bond donors (Lipinski definition) is 1. The molecule has 1 aromatic carbocycles. The molecule has 148 valence electrons. The van der Waals surface area contributed by atoms with Crippen LogP contribution in [0.15, 0.2) is 48.7 Å². The Labute approximate surface area is 165 Å². The molecule has 2 aliphatic rings. The summed E-state index contributed by atoms with van der Waals surface area (Å²) in [5.74, 6) is 0.428. The van der Waals surface area contributed by atoms with E-state index in [9.17, 15) is 4.79 Å². The predicted molar refractivity (Wildman–Crippen MR) is 106 cm³/mol. The molecule has 3 heterocycles. The fraction of sp³-hybridized carbons (Fsp3) is 0.455. The van der Waals surface area contributed by atoms with Crippen molar-refractivity contribution in [1.82, 2.24) is 15.2 Å². The Morgan fingerprint density at radius 1 is 1.18 bits per heavy atom. The molecule has 1 amide bonds. The van der Waals surface area contributed by atoms with Crippen molar-refractivity contribution in [2.75, 3.05) is 26.3 Å². The Hall–Kier alpha value is -2.44. The van der Waals surface area contributed by atoms with Gasteiger partial charge in [0.25, 0.3) is 5.91 Å². The van der Waals surface area contributed by atoms with Crippen LogP contribution < -0.4 is 10.1 Å². The summed E-state index contributed by atoms with van der Waals surface area (Å²) in [6, 6.07) is 14.2. The number of benzene rings is 1. The van der Waals surface area contributed by atoms with Crippen LogP contribution >= 0.6 is 0 Å². The van der Waals surface area contributed by atoms with Gasteiger partial charge in [0.2, 0.25) is 5.88 Å². The topological polar surface area (TPSA) is 63.7 Å². The van der Waals surface area contributed by atoms with Crippen molar-refractivity contribution in [2.24, 2.45) is 0 Å². The van der Waals surface area contributed by atoms with Gasteiger partial charge in [-0.2, -0.15) is 0 Å². The van der Waals surface area contributed by atoms with Crippen molar-refractivity contribution in [3.05, 3.63) is 59.8 Å². The molecule has 0 unspecified atom stereocenters. The summed E-state index contributed by atoms with van der Waals surface area (Å²) in [5, 5.41) is 3.17. The Balaban J connectivity index is 1.26. The van der Waals surface area contributed by atoms with E-state index in [-0.39, 0.29) is 18.1 Å². The lowest BCUT2D eigenvalue weighted by Crippen LogP contribution is -2.44. The van der Waals surface area contributed by atoms with Gasteiger partial charge in [-0.15, -0.1) is 0 Å². The summed E-state index contributed by atoms with van der Waals surface area (Å²) in [5.41, 5.74) is 1.93. The van der Waals surface area contributed by atoms with Gasteiger partial charge in [-0.05, 0) is 24.5 Å². The van der Waals surface area contributed by atoms with E-state index in [1.165, 1.54) is 5.56 Å². The van der Waals surface area contributed by atoms with E-state index >= 15 is 0 Å². The molecule has 1 N–H and O–H groups in total. The lowest BCUT2D eigenvalue weighted by atomic mass is 10.0. The largest absolute Gasteiger partial charge is 0.472 e. The second-order valence-electron chi connectivity index (χ2n) is 7.50. The highest BCUT2D eigenvalue weighted by atomic mass is 16.5.